The molecule has 0 aliphatic carbocycles. The van der Waals surface area contributed by atoms with E-state index in [1.807, 2.05) is 18.2 Å². The number of para-hydroxylation sites is 1. The van der Waals surface area contributed by atoms with Crippen LogP contribution < -0.4 is 5.32 Å². The van der Waals surface area contributed by atoms with Gasteiger partial charge in [0.05, 0.1) is 4.92 Å². The molecule has 0 aliphatic heterocycles. The lowest BCUT2D eigenvalue weighted by molar-refractivity contribution is -0.384. The van der Waals surface area contributed by atoms with Gasteiger partial charge in [0.15, 0.2) is 6.61 Å². The van der Waals surface area contributed by atoms with Crippen molar-refractivity contribution in [3.63, 3.8) is 0 Å². The van der Waals surface area contributed by atoms with Gasteiger partial charge in [-0.1, -0.05) is 24.3 Å². The molecule has 1 heterocycles. The third kappa shape index (κ3) is 4.35. The van der Waals surface area contributed by atoms with Crippen molar-refractivity contribution in [3.05, 3.63) is 75.5 Å². The number of H-pyrrole nitrogens is 1. The first kappa shape index (κ1) is 20.7. The van der Waals surface area contributed by atoms with Crippen LogP contribution in [0.15, 0.2) is 48.5 Å². The average molecular weight is 409 g/mol. The number of carbonyl (C=O) groups is 3. The van der Waals surface area contributed by atoms with Gasteiger partial charge in [0.2, 0.25) is 5.78 Å². The number of aromatic amines is 1. The van der Waals surface area contributed by atoms with Crippen LogP contribution in [0.3, 0.4) is 0 Å². The SMILES string of the molecule is Cc1[nH]c2ccccc2c1C(=O)COC(=O)C(C)NC(=O)c1cccc([N+](=O)[O-])c1. The first-order chi connectivity index (χ1) is 14.3. The Morgan fingerprint density at radius 3 is 2.63 bits per heavy atom. The maximum Gasteiger partial charge on any atom is 0.328 e. The van der Waals surface area contributed by atoms with Crippen LogP contribution in [0.1, 0.15) is 33.3 Å². The molecule has 0 aliphatic rings. The van der Waals surface area contributed by atoms with Gasteiger partial charge in [-0.3, -0.25) is 19.7 Å². The minimum atomic E-state index is -1.05. The number of ether oxygens (including phenoxy) is 1. The highest BCUT2D eigenvalue weighted by Crippen LogP contribution is 2.22. The quantitative estimate of drug-likeness (QED) is 0.267. The number of rotatable bonds is 7. The van der Waals surface area contributed by atoms with Crippen LogP contribution in [0.4, 0.5) is 5.69 Å². The van der Waals surface area contributed by atoms with E-state index < -0.39 is 29.4 Å². The third-order valence-corrected chi connectivity index (χ3v) is 4.54. The minimum Gasteiger partial charge on any atom is -0.456 e. The van der Waals surface area contributed by atoms with E-state index in [-0.39, 0.29) is 17.0 Å². The number of hydrogen-bond acceptors (Lipinski definition) is 6. The van der Waals surface area contributed by atoms with E-state index >= 15 is 0 Å². The number of carbonyl (C=O) groups excluding carboxylic acids is 3. The third-order valence-electron chi connectivity index (χ3n) is 4.54. The number of nitrogens with zero attached hydrogens (tertiary/aromatic N) is 1. The summed E-state index contributed by atoms with van der Waals surface area (Å²) in [5, 5.41) is 14.0. The van der Waals surface area contributed by atoms with E-state index in [0.29, 0.717) is 11.3 Å². The van der Waals surface area contributed by atoms with Crippen molar-refractivity contribution in [2.45, 2.75) is 19.9 Å². The smallest absolute Gasteiger partial charge is 0.328 e. The van der Waals surface area contributed by atoms with Gasteiger partial charge >= 0.3 is 5.97 Å². The van der Waals surface area contributed by atoms with E-state index in [9.17, 15) is 24.5 Å². The Hall–Kier alpha value is -4.01. The zero-order chi connectivity index (χ0) is 21.8. The summed E-state index contributed by atoms with van der Waals surface area (Å²) in [6, 6.07) is 11.4. The molecule has 0 saturated carbocycles. The molecular formula is C21H19N3O6. The normalized spacial score (nSPS) is 11.7. The van der Waals surface area contributed by atoms with Crippen molar-refractivity contribution in [2.24, 2.45) is 0 Å². The lowest BCUT2D eigenvalue weighted by atomic mass is 10.1. The fourth-order valence-corrected chi connectivity index (χ4v) is 3.07. The van der Waals surface area contributed by atoms with Crippen LogP contribution in [-0.4, -0.2) is 40.2 Å². The second-order valence-electron chi connectivity index (χ2n) is 6.70. The fraction of sp³-hybridized carbons (Fsp3) is 0.190. The summed E-state index contributed by atoms with van der Waals surface area (Å²) < 4.78 is 5.07. The Morgan fingerprint density at radius 1 is 1.17 bits per heavy atom. The number of benzene rings is 2. The number of nitro benzene ring substituents is 1. The summed E-state index contributed by atoms with van der Waals surface area (Å²) >= 11 is 0. The number of non-ortho nitro benzene ring substituents is 1. The van der Waals surface area contributed by atoms with E-state index in [1.54, 1.807) is 13.0 Å². The number of hydrogen-bond donors (Lipinski definition) is 2. The van der Waals surface area contributed by atoms with E-state index in [2.05, 4.69) is 10.3 Å². The predicted octanol–water partition coefficient (Wildman–Crippen LogP) is 2.93. The van der Waals surface area contributed by atoms with Crippen LogP contribution in [0.2, 0.25) is 0 Å². The summed E-state index contributed by atoms with van der Waals surface area (Å²) in [6.07, 6.45) is 0. The second-order valence-corrected chi connectivity index (χ2v) is 6.70. The average Bonchev–Trinajstić information content (AvgIpc) is 3.07. The maximum absolute atomic E-state index is 12.6. The number of nitro groups is 1. The summed E-state index contributed by atoms with van der Waals surface area (Å²) in [7, 11) is 0. The highest BCUT2D eigenvalue weighted by molar-refractivity contribution is 6.10. The lowest BCUT2D eigenvalue weighted by Crippen LogP contribution is -2.40. The molecule has 9 nitrogen and oxygen atoms in total. The summed E-state index contributed by atoms with van der Waals surface area (Å²) in [5.41, 5.74) is 1.73. The molecule has 9 heteroatoms. The highest BCUT2D eigenvalue weighted by atomic mass is 16.6. The molecule has 3 rings (SSSR count). The van der Waals surface area contributed by atoms with Gasteiger partial charge in [0, 0.05) is 39.9 Å². The molecule has 3 aromatic rings. The number of nitrogens with one attached hydrogen (secondary N) is 2. The number of aryl methyl sites for hydroxylation is 1. The number of amides is 1. The molecule has 0 bridgehead atoms. The second kappa shape index (κ2) is 8.56. The van der Waals surface area contributed by atoms with Gasteiger partial charge in [0.1, 0.15) is 6.04 Å². The molecule has 1 amide bonds. The molecule has 0 saturated heterocycles. The summed E-state index contributed by atoms with van der Waals surface area (Å²) in [6.45, 7) is 2.69. The summed E-state index contributed by atoms with van der Waals surface area (Å²) in [5.74, 6) is -1.82. The van der Waals surface area contributed by atoms with E-state index in [4.69, 9.17) is 4.74 Å². The van der Waals surface area contributed by atoms with Gasteiger partial charge in [-0.05, 0) is 26.0 Å². The highest BCUT2D eigenvalue weighted by Gasteiger charge is 2.22. The van der Waals surface area contributed by atoms with Crippen molar-refractivity contribution in [2.75, 3.05) is 6.61 Å². The van der Waals surface area contributed by atoms with Crippen LogP contribution in [-0.2, 0) is 9.53 Å². The first-order valence-corrected chi connectivity index (χ1v) is 9.10. The van der Waals surface area contributed by atoms with E-state index in [0.717, 1.165) is 17.0 Å². The Morgan fingerprint density at radius 2 is 1.90 bits per heavy atom. The molecule has 2 N–H and O–H groups in total. The topological polar surface area (TPSA) is 131 Å². The monoisotopic (exact) mass is 409 g/mol. The molecule has 1 unspecified atom stereocenters. The van der Waals surface area contributed by atoms with Crippen LogP contribution in [0.25, 0.3) is 10.9 Å². The molecule has 0 radical (unpaired) electrons. The number of aromatic nitrogens is 1. The Balaban J connectivity index is 1.61. The molecule has 0 fully saturated rings. The van der Waals surface area contributed by atoms with Gasteiger partial charge < -0.3 is 15.0 Å². The van der Waals surface area contributed by atoms with Crippen LogP contribution >= 0.6 is 0 Å². The van der Waals surface area contributed by atoms with Crippen LogP contribution in [0.5, 0.6) is 0 Å². The molecule has 1 aromatic heterocycles. The molecule has 0 spiro atoms. The Bertz CT molecular complexity index is 1150. The molecular weight excluding hydrogens is 390 g/mol. The van der Waals surface area contributed by atoms with Crippen LogP contribution in [0, 0.1) is 17.0 Å². The largest absolute Gasteiger partial charge is 0.456 e. The number of Topliss-reactive ketones (excluding diaryl/α,β-unsaturated/α-hetero) is 1. The van der Waals surface area contributed by atoms with Gasteiger partial charge in [-0.25, -0.2) is 4.79 Å². The zero-order valence-corrected chi connectivity index (χ0v) is 16.3. The van der Waals surface area contributed by atoms with Crippen molar-refractivity contribution in [3.8, 4) is 0 Å². The molecule has 2 aromatic carbocycles. The fourth-order valence-electron chi connectivity index (χ4n) is 3.07. The van der Waals surface area contributed by atoms with Gasteiger partial charge in [0.25, 0.3) is 11.6 Å². The lowest BCUT2D eigenvalue weighted by Gasteiger charge is -2.13. The molecule has 1 atom stereocenters. The Kier molecular flexibility index (Phi) is 5.91. The van der Waals surface area contributed by atoms with Gasteiger partial charge in [-0.15, -0.1) is 0 Å². The van der Waals surface area contributed by atoms with Gasteiger partial charge in [-0.2, -0.15) is 0 Å². The Labute approximate surface area is 171 Å². The van der Waals surface area contributed by atoms with Crippen molar-refractivity contribution in [1.29, 1.82) is 0 Å². The van der Waals surface area contributed by atoms with Crippen molar-refractivity contribution < 1.29 is 24.0 Å². The zero-order valence-electron chi connectivity index (χ0n) is 16.3. The number of fused-ring (bicyclic) bond motifs is 1. The standard InChI is InChI=1S/C21H19N3O6/c1-12-19(16-8-3-4-9-17(16)22-12)18(25)11-30-21(27)13(2)23-20(26)14-6-5-7-15(10-14)24(28)29/h3-10,13,22H,11H2,1-2H3,(H,23,26). The maximum atomic E-state index is 12.6. The first-order valence-electron chi connectivity index (χ1n) is 9.10. The van der Waals surface area contributed by atoms with Crippen molar-refractivity contribution >= 4 is 34.3 Å². The molecule has 30 heavy (non-hydrogen) atoms. The number of esters is 1. The predicted molar refractivity (Wildman–Crippen MR) is 108 cm³/mol. The number of ketones is 1. The molecule has 154 valence electrons. The van der Waals surface area contributed by atoms with E-state index in [1.165, 1.54) is 25.1 Å². The van der Waals surface area contributed by atoms with Crippen molar-refractivity contribution in [1.82, 2.24) is 10.3 Å². The minimum absolute atomic E-state index is 0.0364. The summed E-state index contributed by atoms with van der Waals surface area (Å²) in [4.78, 5) is 50.3.